The van der Waals surface area contributed by atoms with Crippen LogP contribution in [0, 0.1) is 0 Å². The first kappa shape index (κ1) is 13.0. The number of aromatic carboxylic acids is 1. The summed E-state index contributed by atoms with van der Waals surface area (Å²) in [7, 11) is 1.56. The highest BCUT2D eigenvalue weighted by molar-refractivity contribution is 6.03. The van der Waals surface area contributed by atoms with Crippen molar-refractivity contribution in [3.8, 4) is 17.1 Å². The van der Waals surface area contributed by atoms with Gasteiger partial charge < -0.3 is 9.84 Å². The van der Waals surface area contributed by atoms with Gasteiger partial charge in [-0.25, -0.2) is 9.78 Å². The normalized spacial score (nSPS) is 10.5. The number of carboxylic acid groups (broad SMARTS) is 1. The van der Waals surface area contributed by atoms with E-state index in [1.807, 2.05) is 0 Å². The minimum absolute atomic E-state index is 0.169. The lowest BCUT2D eigenvalue weighted by atomic mass is 10.1. The summed E-state index contributed by atoms with van der Waals surface area (Å²) in [6, 6.07) is 6.56. The first-order chi connectivity index (χ1) is 10.2. The zero-order valence-electron chi connectivity index (χ0n) is 11.1. The van der Waals surface area contributed by atoms with E-state index in [1.165, 1.54) is 12.3 Å². The van der Waals surface area contributed by atoms with E-state index in [9.17, 15) is 9.90 Å². The van der Waals surface area contributed by atoms with Crippen molar-refractivity contribution in [1.29, 1.82) is 0 Å². The standard InChI is InChI=1S/C15H11N3O3/c1-21-9-2-5-17-12(6-9)13-7-11(15(19)20)10-3-4-16-8-14(10)18-13/h2-8H,1H3,(H,19,20). The molecule has 3 rings (SSSR count). The first-order valence-electron chi connectivity index (χ1n) is 6.17. The average molecular weight is 281 g/mol. The highest BCUT2D eigenvalue weighted by atomic mass is 16.5. The molecule has 0 radical (unpaired) electrons. The summed E-state index contributed by atoms with van der Waals surface area (Å²) in [6.07, 6.45) is 4.66. The fourth-order valence-electron chi connectivity index (χ4n) is 2.07. The molecule has 0 aliphatic carbocycles. The summed E-state index contributed by atoms with van der Waals surface area (Å²) in [5, 5.41) is 9.91. The summed E-state index contributed by atoms with van der Waals surface area (Å²) >= 11 is 0. The molecule has 0 saturated carbocycles. The number of rotatable bonds is 3. The molecule has 0 unspecified atom stereocenters. The molecule has 0 aromatic carbocycles. The van der Waals surface area contributed by atoms with Gasteiger partial charge in [0.2, 0.25) is 0 Å². The van der Waals surface area contributed by atoms with Gasteiger partial charge in [-0.2, -0.15) is 0 Å². The minimum Gasteiger partial charge on any atom is -0.497 e. The Morgan fingerprint density at radius 3 is 2.81 bits per heavy atom. The van der Waals surface area contributed by atoms with Gasteiger partial charge in [-0.15, -0.1) is 0 Å². The van der Waals surface area contributed by atoms with Crippen LogP contribution in [-0.4, -0.2) is 33.1 Å². The molecule has 3 heterocycles. The van der Waals surface area contributed by atoms with Gasteiger partial charge in [0.25, 0.3) is 0 Å². The van der Waals surface area contributed by atoms with Crippen LogP contribution >= 0.6 is 0 Å². The number of ether oxygens (including phenoxy) is 1. The smallest absolute Gasteiger partial charge is 0.336 e. The third kappa shape index (κ3) is 2.38. The summed E-state index contributed by atoms with van der Waals surface area (Å²) < 4.78 is 5.15. The molecule has 0 fully saturated rings. The number of hydrogen-bond acceptors (Lipinski definition) is 5. The average Bonchev–Trinajstić information content (AvgIpc) is 2.53. The number of methoxy groups -OCH3 is 1. The van der Waals surface area contributed by atoms with Gasteiger partial charge >= 0.3 is 5.97 Å². The lowest BCUT2D eigenvalue weighted by molar-refractivity contribution is 0.0699. The van der Waals surface area contributed by atoms with Crippen molar-refractivity contribution in [2.24, 2.45) is 0 Å². The lowest BCUT2D eigenvalue weighted by Gasteiger charge is -2.07. The molecule has 0 bridgehead atoms. The highest BCUT2D eigenvalue weighted by Crippen LogP contribution is 2.25. The monoisotopic (exact) mass is 281 g/mol. The quantitative estimate of drug-likeness (QED) is 0.793. The molecule has 0 saturated heterocycles. The van der Waals surface area contributed by atoms with Crippen molar-refractivity contribution in [2.45, 2.75) is 0 Å². The Hall–Kier alpha value is -3.02. The van der Waals surface area contributed by atoms with E-state index >= 15 is 0 Å². The van der Waals surface area contributed by atoms with Crippen LogP contribution < -0.4 is 4.74 Å². The number of nitrogens with zero attached hydrogens (tertiary/aromatic N) is 3. The van der Waals surface area contributed by atoms with Crippen molar-refractivity contribution >= 4 is 16.9 Å². The number of aromatic nitrogens is 3. The SMILES string of the molecule is COc1ccnc(-c2cc(C(=O)O)c3ccncc3n2)c1. The Balaban J connectivity index is 2.25. The summed E-state index contributed by atoms with van der Waals surface area (Å²) in [6.45, 7) is 0. The van der Waals surface area contributed by atoms with E-state index in [0.29, 0.717) is 28.0 Å². The molecule has 104 valence electrons. The van der Waals surface area contributed by atoms with Crippen LogP contribution in [0.3, 0.4) is 0 Å². The van der Waals surface area contributed by atoms with Crippen molar-refractivity contribution in [1.82, 2.24) is 15.0 Å². The van der Waals surface area contributed by atoms with Gasteiger partial charge in [0.05, 0.1) is 35.8 Å². The molecule has 6 heteroatoms. The topological polar surface area (TPSA) is 85.2 Å². The zero-order chi connectivity index (χ0) is 14.8. The van der Waals surface area contributed by atoms with E-state index in [-0.39, 0.29) is 5.56 Å². The number of pyridine rings is 3. The summed E-state index contributed by atoms with van der Waals surface area (Å²) in [4.78, 5) is 24.0. The second-order valence-corrected chi connectivity index (χ2v) is 4.33. The Morgan fingerprint density at radius 2 is 2.05 bits per heavy atom. The maximum absolute atomic E-state index is 11.4. The largest absolute Gasteiger partial charge is 0.497 e. The maximum Gasteiger partial charge on any atom is 0.336 e. The lowest BCUT2D eigenvalue weighted by Crippen LogP contribution is -2.01. The van der Waals surface area contributed by atoms with Gasteiger partial charge in [-0.05, 0) is 18.2 Å². The van der Waals surface area contributed by atoms with E-state index in [4.69, 9.17) is 4.74 Å². The van der Waals surface area contributed by atoms with Gasteiger partial charge in [0, 0.05) is 23.8 Å². The van der Waals surface area contributed by atoms with E-state index < -0.39 is 5.97 Å². The molecule has 21 heavy (non-hydrogen) atoms. The van der Waals surface area contributed by atoms with Crippen LogP contribution in [0.25, 0.3) is 22.3 Å². The van der Waals surface area contributed by atoms with Crippen molar-refractivity contribution in [3.63, 3.8) is 0 Å². The van der Waals surface area contributed by atoms with Crippen molar-refractivity contribution in [2.75, 3.05) is 7.11 Å². The van der Waals surface area contributed by atoms with Crippen LogP contribution in [0.15, 0.2) is 42.9 Å². The van der Waals surface area contributed by atoms with Gasteiger partial charge in [-0.3, -0.25) is 9.97 Å². The molecular formula is C15H11N3O3. The van der Waals surface area contributed by atoms with Crippen LogP contribution in [-0.2, 0) is 0 Å². The number of hydrogen-bond donors (Lipinski definition) is 1. The molecule has 3 aromatic heterocycles. The predicted octanol–water partition coefficient (Wildman–Crippen LogP) is 2.40. The molecule has 0 amide bonds. The second kappa shape index (κ2) is 5.16. The Morgan fingerprint density at radius 1 is 1.19 bits per heavy atom. The van der Waals surface area contributed by atoms with Gasteiger partial charge in [-0.1, -0.05) is 0 Å². The molecule has 1 N–H and O–H groups in total. The number of carboxylic acids is 1. The van der Waals surface area contributed by atoms with Crippen LogP contribution in [0.2, 0.25) is 0 Å². The molecular weight excluding hydrogens is 270 g/mol. The first-order valence-corrected chi connectivity index (χ1v) is 6.17. The maximum atomic E-state index is 11.4. The molecule has 3 aromatic rings. The Kier molecular flexibility index (Phi) is 3.19. The molecule has 6 nitrogen and oxygen atoms in total. The van der Waals surface area contributed by atoms with E-state index in [2.05, 4.69) is 15.0 Å². The Labute approximate surface area is 120 Å². The van der Waals surface area contributed by atoms with Gasteiger partial charge in [0.1, 0.15) is 5.75 Å². The minimum atomic E-state index is -1.02. The third-order valence-corrected chi connectivity index (χ3v) is 3.07. The van der Waals surface area contributed by atoms with Crippen LogP contribution in [0.1, 0.15) is 10.4 Å². The molecule has 0 atom stereocenters. The predicted molar refractivity (Wildman–Crippen MR) is 76.3 cm³/mol. The molecule has 0 aliphatic heterocycles. The highest BCUT2D eigenvalue weighted by Gasteiger charge is 2.13. The second-order valence-electron chi connectivity index (χ2n) is 4.33. The fraction of sp³-hybridized carbons (Fsp3) is 0.0667. The molecule has 0 aliphatic rings. The van der Waals surface area contributed by atoms with Crippen molar-refractivity contribution < 1.29 is 14.6 Å². The van der Waals surface area contributed by atoms with Crippen LogP contribution in [0.5, 0.6) is 5.75 Å². The van der Waals surface area contributed by atoms with E-state index in [1.54, 1.807) is 37.7 Å². The van der Waals surface area contributed by atoms with Gasteiger partial charge in [0.15, 0.2) is 0 Å². The summed E-state index contributed by atoms with van der Waals surface area (Å²) in [5.74, 6) is -0.386. The fourth-order valence-corrected chi connectivity index (χ4v) is 2.07. The number of fused-ring (bicyclic) bond motifs is 1. The van der Waals surface area contributed by atoms with Crippen LogP contribution in [0.4, 0.5) is 0 Å². The van der Waals surface area contributed by atoms with Crippen molar-refractivity contribution in [3.05, 3.63) is 48.4 Å². The zero-order valence-corrected chi connectivity index (χ0v) is 11.1. The Bertz CT molecular complexity index is 833. The number of carbonyl (C=O) groups is 1. The molecule has 0 spiro atoms. The van der Waals surface area contributed by atoms with E-state index in [0.717, 1.165) is 0 Å². The third-order valence-electron chi connectivity index (χ3n) is 3.07. The summed E-state index contributed by atoms with van der Waals surface area (Å²) in [5.41, 5.74) is 1.69.